The number of aromatic nitrogens is 2. The van der Waals surface area contributed by atoms with Gasteiger partial charge in [-0.3, -0.25) is 4.79 Å². The Morgan fingerprint density at radius 3 is 3.16 bits per heavy atom. The summed E-state index contributed by atoms with van der Waals surface area (Å²) >= 11 is 0. The zero-order chi connectivity index (χ0) is 13.2. The summed E-state index contributed by atoms with van der Waals surface area (Å²) in [5.74, 6) is 1.36. The minimum atomic E-state index is -0.409. The molecule has 0 spiro atoms. The molecule has 2 atom stereocenters. The summed E-state index contributed by atoms with van der Waals surface area (Å²) in [6.45, 7) is 4.10. The lowest BCUT2D eigenvalue weighted by molar-refractivity contribution is -0.128. The summed E-state index contributed by atoms with van der Waals surface area (Å²) in [4.78, 5) is 12.1. The van der Waals surface area contributed by atoms with Gasteiger partial charge in [-0.05, 0) is 25.7 Å². The first-order valence-electron chi connectivity index (χ1n) is 6.92. The predicted molar refractivity (Wildman–Crippen MR) is 70.9 cm³/mol. The largest absolute Gasteiger partial charge is 0.366 e. The van der Waals surface area contributed by atoms with Crippen LogP contribution in [0.25, 0.3) is 0 Å². The molecule has 6 nitrogen and oxygen atoms in total. The van der Waals surface area contributed by atoms with Gasteiger partial charge in [0.2, 0.25) is 0 Å². The molecule has 1 saturated heterocycles. The van der Waals surface area contributed by atoms with Gasteiger partial charge in [0, 0.05) is 19.2 Å². The molecular formula is C13H20N4O2. The maximum absolute atomic E-state index is 12.1. The van der Waals surface area contributed by atoms with E-state index in [1.54, 1.807) is 6.20 Å². The molecule has 2 heterocycles. The van der Waals surface area contributed by atoms with E-state index in [4.69, 9.17) is 4.74 Å². The summed E-state index contributed by atoms with van der Waals surface area (Å²) in [6.07, 6.45) is 3.83. The topological polar surface area (TPSA) is 68.2 Å². The number of nitrogens with one attached hydrogen (secondary N) is 2. The van der Waals surface area contributed by atoms with Gasteiger partial charge in [0.15, 0.2) is 0 Å². The molecule has 6 heteroatoms. The molecule has 0 aromatic carbocycles. The smallest absolute Gasteiger partial charge is 0.255 e. The second kappa shape index (κ2) is 5.30. The molecule has 1 saturated carbocycles. The Hall–Kier alpha value is -1.40. The third-order valence-corrected chi connectivity index (χ3v) is 3.83. The van der Waals surface area contributed by atoms with E-state index in [-0.39, 0.29) is 5.91 Å². The molecule has 2 N–H and O–H groups in total. The van der Waals surface area contributed by atoms with Crippen molar-refractivity contribution in [3.8, 4) is 0 Å². The minimum absolute atomic E-state index is 0.100. The fourth-order valence-corrected chi connectivity index (χ4v) is 2.46. The number of rotatable bonds is 4. The highest BCUT2D eigenvalue weighted by molar-refractivity contribution is 5.93. The molecule has 1 aromatic rings. The molecule has 1 aromatic heterocycles. The number of hydrogen-bond acceptors (Lipinski definition) is 4. The van der Waals surface area contributed by atoms with Crippen molar-refractivity contribution in [2.24, 2.45) is 5.92 Å². The number of anilines is 1. The van der Waals surface area contributed by atoms with Crippen molar-refractivity contribution in [2.45, 2.75) is 31.9 Å². The SMILES string of the molecule is C[C@@H](C1CC1)n1nccc1NC(=O)[C@H]1CNCCO1. The van der Waals surface area contributed by atoms with Gasteiger partial charge in [0.05, 0.1) is 18.8 Å². The quantitative estimate of drug-likeness (QED) is 0.843. The first kappa shape index (κ1) is 12.6. The van der Waals surface area contributed by atoms with Crippen LogP contribution in [-0.4, -0.2) is 41.5 Å². The van der Waals surface area contributed by atoms with Crippen LogP contribution < -0.4 is 10.6 Å². The molecule has 19 heavy (non-hydrogen) atoms. The van der Waals surface area contributed by atoms with Crippen LogP contribution in [0.1, 0.15) is 25.8 Å². The van der Waals surface area contributed by atoms with E-state index in [0.29, 0.717) is 25.1 Å². The van der Waals surface area contributed by atoms with Crippen LogP contribution in [0.3, 0.4) is 0 Å². The van der Waals surface area contributed by atoms with Crippen LogP contribution in [0.5, 0.6) is 0 Å². The summed E-state index contributed by atoms with van der Waals surface area (Å²) in [7, 11) is 0. The van der Waals surface area contributed by atoms with Crippen molar-refractivity contribution in [3.05, 3.63) is 12.3 Å². The summed E-state index contributed by atoms with van der Waals surface area (Å²) in [5.41, 5.74) is 0. The van der Waals surface area contributed by atoms with E-state index in [1.165, 1.54) is 12.8 Å². The number of carbonyl (C=O) groups excluding carboxylic acids is 1. The molecule has 3 rings (SSSR count). The first-order chi connectivity index (χ1) is 9.25. The zero-order valence-corrected chi connectivity index (χ0v) is 11.1. The Bertz CT molecular complexity index is 449. The van der Waals surface area contributed by atoms with E-state index in [1.807, 2.05) is 10.7 Å². The van der Waals surface area contributed by atoms with Crippen LogP contribution >= 0.6 is 0 Å². The molecule has 1 amide bonds. The Kier molecular flexibility index (Phi) is 3.52. The number of ether oxygens (including phenoxy) is 1. The standard InChI is InChI=1S/C13H20N4O2/c1-9(10-2-3-10)17-12(4-5-15-17)16-13(18)11-8-14-6-7-19-11/h4-5,9-11,14H,2-3,6-8H2,1H3,(H,16,18)/t9-,11+/m0/s1. The van der Waals surface area contributed by atoms with Crippen molar-refractivity contribution in [1.82, 2.24) is 15.1 Å². The van der Waals surface area contributed by atoms with Crippen molar-refractivity contribution in [1.29, 1.82) is 0 Å². The maximum Gasteiger partial charge on any atom is 0.255 e. The van der Waals surface area contributed by atoms with Gasteiger partial charge in [-0.2, -0.15) is 5.10 Å². The first-order valence-corrected chi connectivity index (χ1v) is 6.92. The average molecular weight is 264 g/mol. The third-order valence-electron chi connectivity index (χ3n) is 3.83. The fourth-order valence-electron chi connectivity index (χ4n) is 2.46. The number of carbonyl (C=O) groups is 1. The van der Waals surface area contributed by atoms with E-state index < -0.39 is 6.10 Å². The molecule has 1 aliphatic carbocycles. The lowest BCUT2D eigenvalue weighted by atomic mass is 10.2. The third kappa shape index (κ3) is 2.79. The molecular weight excluding hydrogens is 244 g/mol. The average Bonchev–Trinajstić information content (AvgIpc) is 3.19. The maximum atomic E-state index is 12.1. The number of morpholine rings is 1. The van der Waals surface area contributed by atoms with Crippen molar-refractivity contribution >= 4 is 11.7 Å². The predicted octanol–water partition coefficient (Wildman–Crippen LogP) is 0.781. The Morgan fingerprint density at radius 1 is 1.63 bits per heavy atom. The van der Waals surface area contributed by atoms with Crippen molar-refractivity contribution < 1.29 is 9.53 Å². The minimum Gasteiger partial charge on any atom is -0.366 e. The second-order valence-corrected chi connectivity index (χ2v) is 5.29. The number of hydrogen-bond donors (Lipinski definition) is 2. The van der Waals surface area contributed by atoms with Crippen LogP contribution in [-0.2, 0) is 9.53 Å². The molecule has 0 radical (unpaired) electrons. The summed E-state index contributed by atoms with van der Waals surface area (Å²) in [5, 5.41) is 10.4. The highest BCUT2D eigenvalue weighted by Gasteiger charge is 2.31. The van der Waals surface area contributed by atoms with Crippen molar-refractivity contribution in [2.75, 3.05) is 25.0 Å². The molecule has 1 aliphatic heterocycles. The van der Waals surface area contributed by atoms with Crippen LogP contribution in [0.4, 0.5) is 5.82 Å². The monoisotopic (exact) mass is 264 g/mol. The normalized spacial score (nSPS) is 25.0. The van der Waals surface area contributed by atoms with Gasteiger partial charge < -0.3 is 15.4 Å². The fraction of sp³-hybridized carbons (Fsp3) is 0.692. The highest BCUT2D eigenvalue weighted by Crippen LogP contribution is 2.40. The molecule has 2 fully saturated rings. The van der Waals surface area contributed by atoms with E-state index in [0.717, 1.165) is 12.4 Å². The van der Waals surface area contributed by atoms with Gasteiger partial charge in [0.1, 0.15) is 11.9 Å². The lowest BCUT2D eigenvalue weighted by Crippen LogP contribution is -2.45. The Labute approximate surface area is 112 Å². The lowest BCUT2D eigenvalue weighted by Gasteiger charge is -2.23. The van der Waals surface area contributed by atoms with E-state index >= 15 is 0 Å². The van der Waals surface area contributed by atoms with Crippen LogP contribution in [0.15, 0.2) is 12.3 Å². The molecule has 2 aliphatic rings. The van der Waals surface area contributed by atoms with Gasteiger partial charge in [-0.25, -0.2) is 4.68 Å². The molecule has 104 valence electrons. The number of amides is 1. The van der Waals surface area contributed by atoms with E-state index in [9.17, 15) is 4.79 Å². The van der Waals surface area contributed by atoms with Gasteiger partial charge in [0.25, 0.3) is 5.91 Å². The molecule has 0 bridgehead atoms. The highest BCUT2D eigenvalue weighted by atomic mass is 16.5. The summed E-state index contributed by atoms with van der Waals surface area (Å²) in [6, 6.07) is 2.18. The zero-order valence-electron chi connectivity index (χ0n) is 11.1. The molecule has 0 unspecified atom stereocenters. The van der Waals surface area contributed by atoms with Gasteiger partial charge in [-0.1, -0.05) is 0 Å². The van der Waals surface area contributed by atoms with E-state index in [2.05, 4.69) is 22.7 Å². The van der Waals surface area contributed by atoms with Gasteiger partial charge in [-0.15, -0.1) is 0 Å². The van der Waals surface area contributed by atoms with Crippen LogP contribution in [0, 0.1) is 5.92 Å². The van der Waals surface area contributed by atoms with Gasteiger partial charge >= 0.3 is 0 Å². The second-order valence-electron chi connectivity index (χ2n) is 5.29. The Balaban J connectivity index is 1.65. The number of nitrogens with zero attached hydrogens (tertiary/aromatic N) is 2. The van der Waals surface area contributed by atoms with Crippen LogP contribution in [0.2, 0.25) is 0 Å². The Morgan fingerprint density at radius 2 is 2.47 bits per heavy atom. The van der Waals surface area contributed by atoms with Crippen molar-refractivity contribution in [3.63, 3.8) is 0 Å². The summed E-state index contributed by atoms with van der Waals surface area (Å²) < 4.78 is 7.35.